The fraction of sp³-hybridized carbons (Fsp3) is 1.00. The highest BCUT2D eigenvalue weighted by atomic mass is 31.2. The Bertz CT molecular complexity index is 317. The van der Waals surface area contributed by atoms with Crippen molar-refractivity contribution in [1.29, 1.82) is 0 Å². The number of nitrogens with zero attached hydrogens (tertiary/aromatic N) is 2. The highest BCUT2D eigenvalue weighted by Gasteiger charge is 2.56. The van der Waals surface area contributed by atoms with Crippen LogP contribution in [0.4, 0.5) is 0 Å². The molecule has 19 heavy (non-hydrogen) atoms. The molecule has 0 aliphatic carbocycles. The van der Waals surface area contributed by atoms with Crippen LogP contribution in [0, 0.1) is 0 Å². The van der Waals surface area contributed by atoms with E-state index in [-0.39, 0.29) is 0 Å². The average molecular weight is 288 g/mol. The Morgan fingerprint density at radius 1 is 1.00 bits per heavy atom. The second-order valence-corrected chi connectivity index (χ2v) is 8.30. The SMILES string of the molecule is CCCCCCCCOP(=O)(N1CC1C)N1CC1C. The molecule has 0 N–H and O–H groups in total. The first kappa shape index (κ1) is 15.5. The molecular formula is C14H29N2O2P. The van der Waals surface area contributed by atoms with Crippen LogP contribution in [0.5, 0.6) is 0 Å². The molecule has 0 bridgehead atoms. The fourth-order valence-electron chi connectivity index (χ4n) is 2.51. The topological polar surface area (TPSA) is 32.3 Å². The Balaban J connectivity index is 1.66. The van der Waals surface area contributed by atoms with Gasteiger partial charge in [-0.25, -0.2) is 9.34 Å². The Hall–Kier alpha value is 0.110. The third-order valence-corrected chi connectivity index (χ3v) is 6.99. The Morgan fingerprint density at radius 2 is 1.47 bits per heavy atom. The first-order valence-electron chi connectivity index (χ1n) is 7.88. The maximum Gasteiger partial charge on any atom is 0.346 e. The van der Waals surface area contributed by atoms with Crippen LogP contribution in [0.3, 0.4) is 0 Å². The van der Waals surface area contributed by atoms with Crippen molar-refractivity contribution in [3.8, 4) is 0 Å². The van der Waals surface area contributed by atoms with E-state index in [0.29, 0.717) is 18.7 Å². The van der Waals surface area contributed by atoms with Crippen LogP contribution in [-0.2, 0) is 9.09 Å². The van der Waals surface area contributed by atoms with Gasteiger partial charge in [-0.3, -0.25) is 4.57 Å². The zero-order chi connectivity index (χ0) is 13.9. The van der Waals surface area contributed by atoms with Crippen molar-refractivity contribution in [1.82, 2.24) is 9.34 Å². The number of unbranched alkanes of at least 4 members (excludes halogenated alkanes) is 5. The summed E-state index contributed by atoms with van der Waals surface area (Å²) >= 11 is 0. The third kappa shape index (κ3) is 4.04. The van der Waals surface area contributed by atoms with Gasteiger partial charge in [0.1, 0.15) is 0 Å². The summed E-state index contributed by atoms with van der Waals surface area (Å²) in [6, 6.07) is 0.867. The van der Waals surface area contributed by atoms with Gasteiger partial charge in [-0.05, 0) is 20.3 Å². The number of rotatable bonds is 10. The highest BCUT2D eigenvalue weighted by Crippen LogP contribution is 2.64. The van der Waals surface area contributed by atoms with Crippen LogP contribution in [0.2, 0.25) is 0 Å². The van der Waals surface area contributed by atoms with E-state index in [2.05, 4.69) is 20.8 Å². The van der Waals surface area contributed by atoms with Crippen LogP contribution in [0.15, 0.2) is 0 Å². The zero-order valence-electron chi connectivity index (χ0n) is 12.7. The van der Waals surface area contributed by atoms with Crippen molar-refractivity contribution in [2.45, 2.75) is 71.4 Å². The molecule has 0 amide bonds. The third-order valence-electron chi connectivity index (χ3n) is 4.06. The molecule has 2 heterocycles. The maximum atomic E-state index is 12.9. The lowest BCUT2D eigenvalue weighted by Crippen LogP contribution is -2.11. The number of hydrogen-bond acceptors (Lipinski definition) is 2. The van der Waals surface area contributed by atoms with Gasteiger partial charge in [0.2, 0.25) is 0 Å². The maximum absolute atomic E-state index is 12.9. The lowest BCUT2D eigenvalue weighted by Gasteiger charge is -2.21. The lowest BCUT2D eigenvalue weighted by molar-refractivity contribution is 0.261. The summed E-state index contributed by atoms with van der Waals surface area (Å²) in [4.78, 5) is 0. The zero-order valence-corrected chi connectivity index (χ0v) is 13.6. The molecule has 4 atom stereocenters. The predicted molar refractivity (Wildman–Crippen MR) is 79.3 cm³/mol. The van der Waals surface area contributed by atoms with Crippen molar-refractivity contribution in [3.63, 3.8) is 0 Å². The van der Waals surface area contributed by atoms with Gasteiger partial charge in [-0.1, -0.05) is 39.0 Å². The summed E-state index contributed by atoms with van der Waals surface area (Å²) in [5.74, 6) is 0. The van der Waals surface area contributed by atoms with Gasteiger partial charge in [-0.15, -0.1) is 0 Å². The van der Waals surface area contributed by atoms with Gasteiger partial charge in [0.25, 0.3) is 0 Å². The molecule has 112 valence electrons. The molecule has 0 aromatic heterocycles. The molecule has 0 aromatic carbocycles. The highest BCUT2D eigenvalue weighted by molar-refractivity contribution is 7.54. The first-order valence-corrected chi connectivity index (χ1v) is 9.41. The summed E-state index contributed by atoms with van der Waals surface area (Å²) in [5, 5.41) is 0. The van der Waals surface area contributed by atoms with E-state index in [0.717, 1.165) is 19.5 Å². The smallest absolute Gasteiger partial charge is 0.306 e. The molecule has 0 aromatic rings. The molecule has 4 nitrogen and oxygen atoms in total. The van der Waals surface area contributed by atoms with Gasteiger partial charge < -0.3 is 4.52 Å². The van der Waals surface area contributed by atoms with Crippen LogP contribution >= 0.6 is 7.67 Å². The molecular weight excluding hydrogens is 259 g/mol. The Morgan fingerprint density at radius 3 is 1.95 bits per heavy atom. The van der Waals surface area contributed by atoms with E-state index in [1.54, 1.807) is 0 Å². The first-order chi connectivity index (χ1) is 9.09. The van der Waals surface area contributed by atoms with Crippen LogP contribution < -0.4 is 0 Å². The average Bonchev–Trinajstić information content (AvgIpc) is 3.27. The second kappa shape index (κ2) is 6.71. The van der Waals surface area contributed by atoms with Crippen molar-refractivity contribution >= 4 is 7.67 Å². The van der Waals surface area contributed by atoms with E-state index in [1.807, 2.05) is 9.34 Å². The van der Waals surface area contributed by atoms with Crippen LogP contribution in [0.25, 0.3) is 0 Å². The van der Waals surface area contributed by atoms with Gasteiger partial charge >= 0.3 is 7.67 Å². The summed E-state index contributed by atoms with van der Waals surface area (Å²) in [5.41, 5.74) is 0. The molecule has 0 radical (unpaired) electrons. The quantitative estimate of drug-likeness (QED) is 0.347. The largest absolute Gasteiger partial charge is 0.346 e. The van der Waals surface area contributed by atoms with E-state index in [9.17, 15) is 4.57 Å². The van der Waals surface area contributed by atoms with E-state index in [4.69, 9.17) is 4.52 Å². The predicted octanol–water partition coefficient (Wildman–Crippen LogP) is 3.88. The molecule has 0 spiro atoms. The van der Waals surface area contributed by atoms with E-state index >= 15 is 0 Å². The van der Waals surface area contributed by atoms with Crippen molar-refractivity contribution in [2.24, 2.45) is 0 Å². The summed E-state index contributed by atoms with van der Waals surface area (Å²) < 4.78 is 22.8. The van der Waals surface area contributed by atoms with Gasteiger partial charge in [0.05, 0.1) is 6.61 Å². The molecule has 2 fully saturated rings. The van der Waals surface area contributed by atoms with Crippen molar-refractivity contribution < 1.29 is 9.09 Å². The van der Waals surface area contributed by atoms with Crippen molar-refractivity contribution in [3.05, 3.63) is 0 Å². The summed E-state index contributed by atoms with van der Waals surface area (Å²) in [6.45, 7) is 8.98. The molecule has 2 rings (SSSR count). The van der Waals surface area contributed by atoms with Gasteiger partial charge in [0, 0.05) is 25.2 Å². The normalized spacial score (nSPS) is 35.9. The Labute approximate surface area is 118 Å². The standard InChI is InChI=1S/C14H29N2O2P/c1-4-5-6-7-8-9-10-18-19(17,15-11-13(15)2)16-12-14(16)3/h13-14H,4-12H2,1-3H3. The lowest BCUT2D eigenvalue weighted by atomic mass is 10.1. The molecule has 0 saturated carbocycles. The molecule has 5 heteroatoms. The molecule has 4 unspecified atom stereocenters. The molecule has 2 aliphatic rings. The van der Waals surface area contributed by atoms with Gasteiger partial charge in [-0.2, -0.15) is 0 Å². The minimum Gasteiger partial charge on any atom is -0.306 e. The van der Waals surface area contributed by atoms with Crippen LogP contribution in [-0.4, -0.2) is 41.1 Å². The molecule has 2 saturated heterocycles. The number of hydrogen-bond donors (Lipinski definition) is 0. The summed E-state index contributed by atoms with van der Waals surface area (Å²) in [7, 11) is -2.65. The van der Waals surface area contributed by atoms with Crippen LogP contribution in [0.1, 0.15) is 59.3 Å². The van der Waals surface area contributed by atoms with Crippen molar-refractivity contribution in [2.75, 3.05) is 19.7 Å². The summed E-state index contributed by atoms with van der Waals surface area (Å²) in [6.07, 6.45) is 7.45. The van der Waals surface area contributed by atoms with E-state index in [1.165, 1.54) is 32.1 Å². The molecule has 2 aliphatic heterocycles. The minimum absolute atomic E-state index is 0.434. The second-order valence-electron chi connectivity index (χ2n) is 6.03. The monoisotopic (exact) mass is 288 g/mol. The van der Waals surface area contributed by atoms with Gasteiger partial charge in [0.15, 0.2) is 0 Å². The fourth-order valence-corrected chi connectivity index (χ4v) is 5.35. The van der Waals surface area contributed by atoms with E-state index < -0.39 is 7.67 Å². The Kier molecular flexibility index (Phi) is 5.47. The minimum atomic E-state index is -2.65.